The van der Waals surface area contributed by atoms with Crippen molar-refractivity contribution >= 4 is 18.3 Å². The summed E-state index contributed by atoms with van der Waals surface area (Å²) in [5.41, 5.74) is 2.87. The number of carbonyl (C=O) groups excluding carboxylic acids is 1. The van der Waals surface area contributed by atoms with Crippen molar-refractivity contribution < 1.29 is 9.53 Å². The molecule has 0 bridgehead atoms. The molecule has 1 fully saturated rings. The summed E-state index contributed by atoms with van der Waals surface area (Å²) in [6.07, 6.45) is 4.73. The molecule has 1 amide bonds. The van der Waals surface area contributed by atoms with E-state index in [1.54, 1.807) is 0 Å². The van der Waals surface area contributed by atoms with E-state index in [4.69, 9.17) is 4.74 Å². The summed E-state index contributed by atoms with van der Waals surface area (Å²) in [5, 5.41) is 3.39. The molecular formula is C19H29ClN2O2. The van der Waals surface area contributed by atoms with Crippen molar-refractivity contribution in [2.24, 2.45) is 0 Å². The van der Waals surface area contributed by atoms with Gasteiger partial charge in [-0.3, -0.25) is 4.79 Å². The Hall–Kier alpha value is -1.10. The van der Waals surface area contributed by atoms with Gasteiger partial charge in [0.2, 0.25) is 5.91 Å². The molecule has 1 aromatic rings. The van der Waals surface area contributed by atoms with E-state index in [1.807, 2.05) is 0 Å². The molecule has 1 aliphatic carbocycles. The number of fused-ring (bicyclic) bond motifs is 1. The maximum absolute atomic E-state index is 12.8. The van der Waals surface area contributed by atoms with Gasteiger partial charge in [0.25, 0.3) is 0 Å². The summed E-state index contributed by atoms with van der Waals surface area (Å²) >= 11 is 0. The summed E-state index contributed by atoms with van der Waals surface area (Å²) in [7, 11) is 0. The number of amides is 1. The van der Waals surface area contributed by atoms with Crippen molar-refractivity contribution in [2.75, 3.05) is 26.3 Å². The number of carbonyl (C=O) groups is 1. The van der Waals surface area contributed by atoms with E-state index in [0.717, 1.165) is 45.4 Å². The van der Waals surface area contributed by atoms with Crippen molar-refractivity contribution in [2.45, 2.75) is 51.1 Å². The topological polar surface area (TPSA) is 41.6 Å². The highest BCUT2D eigenvalue weighted by Gasteiger charge is 2.28. The minimum Gasteiger partial charge on any atom is -0.378 e. The zero-order valence-electron chi connectivity index (χ0n) is 14.5. The zero-order valence-corrected chi connectivity index (χ0v) is 15.3. The molecule has 1 N–H and O–H groups in total. The van der Waals surface area contributed by atoms with E-state index in [0.29, 0.717) is 19.1 Å². The van der Waals surface area contributed by atoms with E-state index in [1.165, 1.54) is 11.1 Å². The molecule has 0 spiro atoms. The molecular weight excluding hydrogens is 324 g/mol. The van der Waals surface area contributed by atoms with Gasteiger partial charge in [0.05, 0.1) is 13.2 Å². The number of morpholine rings is 1. The standard InChI is InChI=1S/C19H28N2O2.ClH/c1-2-10-21(19(22)13-17-14-23-11-9-20-17)18-8-7-15-5-3-4-6-16(15)12-18;/h3-6,17-18,20H,2,7-14H2,1H3;1H. The van der Waals surface area contributed by atoms with Crippen LogP contribution in [0.1, 0.15) is 37.3 Å². The monoisotopic (exact) mass is 352 g/mol. The third kappa shape index (κ3) is 4.71. The number of aryl methyl sites for hydroxylation is 1. The largest absolute Gasteiger partial charge is 0.378 e. The van der Waals surface area contributed by atoms with Crippen LogP contribution in [0.15, 0.2) is 24.3 Å². The van der Waals surface area contributed by atoms with Crippen LogP contribution in [0, 0.1) is 0 Å². The Morgan fingerprint density at radius 2 is 2.12 bits per heavy atom. The van der Waals surface area contributed by atoms with Gasteiger partial charge in [0.15, 0.2) is 0 Å². The molecule has 1 aromatic carbocycles. The molecule has 24 heavy (non-hydrogen) atoms. The molecule has 1 saturated heterocycles. The van der Waals surface area contributed by atoms with E-state index in [2.05, 4.69) is 41.4 Å². The highest BCUT2D eigenvalue weighted by molar-refractivity contribution is 5.85. The molecule has 5 heteroatoms. The second-order valence-electron chi connectivity index (χ2n) is 6.68. The Labute approximate surface area is 151 Å². The quantitative estimate of drug-likeness (QED) is 0.885. The number of halogens is 1. The second kappa shape index (κ2) is 9.40. The molecule has 2 atom stereocenters. The van der Waals surface area contributed by atoms with Gasteiger partial charge in [-0.15, -0.1) is 12.4 Å². The van der Waals surface area contributed by atoms with Gasteiger partial charge in [-0.2, -0.15) is 0 Å². The number of hydrogen-bond donors (Lipinski definition) is 1. The van der Waals surface area contributed by atoms with Crippen molar-refractivity contribution in [1.29, 1.82) is 0 Å². The minimum atomic E-state index is 0. The Bertz CT molecular complexity index is 532. The molecule has 3 rings (SSSR count). The lowest BCUT2D eigenvalue weighted by atomic mass is 9.87. The number of nitrogens with one attached hydrogen (secondary N) is 1. The lowest BCUT2D eigenvalue weighted by Crippen LogP contribution is -2.48. The van der Waals surface area contributed by atoms with Gasteiger partial charge in [-0.25, -0.2) is 0 Å². The molecule has 0 aromatic heterocycles. The van der Waals surface area contributed by atoms with Gasteiger partial charge < -0.3 is 15.0 Å². The summed E-state index contributed by atoms with van der Waals surface area (Å²) in [6, 6.07) is 9.18. The summed E-state index contributed by atoms with van der Waals surface area (Å²) in [5.74, 6) is 0.277. The lowest BCUT2D eigenvalue weighted by Gasteiger charge is -2.36. The van der Waals surface area contributed by atoms with Crippen LogP contribution in [0.3, 0.4) is 0 Å². The van der Waals surface area contributed by atoms with E-state index in [-0.39, 0.29) is 24.4 Å². The third-order valence-electron chi connectivity index (χ3n) is 4.97. The zero-order chi connectivity index (χ0) is 16.1. The van der Waals surface area contributed by atoms with Crippen molar-refractivity contribution in [1.82, 2.24) is 10.2 Å². The van der Waals surface area contributed by atoms with E-state index < -0.39 is 0 Å². The maximum atomic E-state index is 12.8. The summed E-state index contributed by atoms with van der Waals surface area (Å²) in [4.78, 5) is 15.0. The van der Waals surface area contributed by atoms with Crippen molar-refractivity contribution in [3.05, 3.63) is 35.4 Å². The number of ether oxygens (including phenoxy) is 1. The number of nitrogens with zero attached hydrogens (tertiary/aromatic N) is 1. The van der Waals surface area contributed by atoms with Gasteiger partial charge >= 0.3 is 0 Å². The average molecular weight is 353 g/mol. The number of rotatable bonds is 5. The van der Waals surface area contributed by atoms with Crippen LogP contribution in [-0.2, 0) is 22.4 Å². The van der Waals surface area contributed by atoms with Crippen LogP contribution in [0.25, 0.3) is 0 Å². The molecule has 2 aliphatic rings. The predicted molar refractivity (Wildman–Crippen MR) is 98.7 cm³/mol. The summed E-state index contributed by atoms with van der Waals surface area (Å²) < 4.78 is 5.48. The maximum Gasteiger partial charge on any atom is 0.224 e. The van der Waals surface area contributed by atoms with Gasteiger partial charge in [0, 0.05) is 31.6 Å². The number of benzene rings is 1. The summed E-state index contributed by atoms with van der Waals surface area (Å²) in [6.45, 7) is 5.27. The first kappa shape index (κ1) is 19.2. The van der Waals surface area contributed by atoms with E-state index >= 15 is 0 Å². The fourth-order valence-corrected chi connectivity index (χ4v) is 3.78. The first-order chi connectivity index (χ1) is 11.3. The predicted octanol–water partition coefficient (Wildman–Crippen LogP) is 2.58. The van der Waals surface area contributed by atoms with Gasteiger partial charge in [-0.05, 0) is 36.8 Å². The Morgan fingerprint density at radius 3 is 2.83 bits per heavy atom. The van der Waals surface area contributed by atoms with Crippen LogP contribution in [0.5, 0.6) is 0 Å². The SMILES string of the molecule is CCCN(C(=O)CC1COCCN1)C1CCc2ccccc2C1.Cl. The Morgan fingerprint density at radius 1 is 1.33 bits per heavy atom. The van der Waals surface area contributed by atoms with E-state index in [9.17, 15) is 4.79 Å². The molecule has 1 aliphatic heterocycles. The first-order valence-electron chi connectivity index (χ1n) is 8.95. The van der Waals surface area contributed by atoms with Gasteiger partial charge in [-0.1, -0.05) is 31.2 Å². The number of hydrogen-bond acceptors (Lipinski definition) is 3. The smallest absolute Gasteiger partial charge is 0.224 e. The Kier molecular flexibility index (Phi) is 7.53. The van der Waals surface area contributed by atoms with Crippen LogP contribution >= 0.6 is 12.4 Å². The van der Waals surface area contributed by atoms with Crippen LogP contribution in [0.2, 0.25) is 0 Å². The highest BCUT2D eigenvalue weighted by Crippen LogP contribution is 2.25. The average Bonchev–Trinajstić information content (AvgIpc) is 2.60. The highest BCUT2D eigenvalue weighted by atomic mass is 35.5. The second-order valence-corrected chi connectivity index (χ2v) is 6.68. The van der Waals surface area contributed by atoms with Crippen LogP contribution in [-0.4, -0.2) is 49.2 Å². The lowest BCUT2D eigenvalue weighted by molar-refractivity contribution is -0.135. The molecule has 4 nitrogen and oxygen atoms in total. The van der Waals surface area contributed by atoms with Crippen molar-refractivity contribution in [3.63, 3.8) is 0 Å². The van der Waals surface area contributed by atoms with Gasteiger partial charge in [0.1, 0.15) is 0 Å². The molecule has 1 heterocycles. The van der Waals surface area contributed by atoms with Crippen molar-refractivity contribution in [3.8, 4) is 0 Å². The minimum absolute atomic E-state index is 0. The van der Waals surface area contributed by atoms with Crippen LogP contribution in [0.4, 0.5) is 0 Å². The molecule has 134 valence electrons. The molecule has 0 radical (unpaired) electrons. The molecule has 2 unspecified atom stereocenters. The normalized spacial score (nSPS) is 23.0. The fraction of sp³-hybridized carbons (Fsp3) is 0.632. The third-order valence-corrected chi connectivity index (χ3v) is 4.97. The first-order valence-corrected chi connectivity index (χ1v) is 8.95. The Balaban J connectivity index is 0.00000208. The molecule has 0 saturated carbocycles. The van der Waals surface area contributed by atoms with Crippen LogP contribution < -0.4 is 5.32 Å². The fourth-order valence-electron chi connectivity index (χ4n) is 3.78.